The molecule has 22 heavy (non-hydrogen) atoms. The largest absolute Gasteiger partial charge is 0.311 e. The van der Waals surface area contributed by atoms with Gasteiger partial charge in [0.2, 0.25) is 0 Å². The smallest absolute Gasteiger partial charge is 0.0462 e. The first kappa shape index (κ1) is 14.1. The number of nitrogens with one attached hydrogen (secondary N) is 1. The van der Waals surface area contributed by atoms with Crippen LogP contribution in [0.15, 0.2) is 90.7 Å². The predicted molar refractivity (Wildman–Crippen MR) is 93.9 cm³/mol. The number of allylic oxidation sites excluding steroid dienone is 5. The SMILES string of the molecule is N=Cc1ccc(N(C2=CC=CCC=C2)c2ccccc2)cc1. The molecule has 1 N–H and O–H groups in total. The van der Waals surface area contributed by atoms with Crippen LogP contribution in [0, 0.1) is 5.41 Å². The Morgan fingerprint density at radius 2 is 1.59 bits per heavy atom. The van der Waals surface area contributed by atoms with Crippen molar-refractivity contribution in [3.05, 3.63) is 96.2 Å². The van der Waals surface area contributed by atoms with Crippen molar-refractivity contribution in [3.63, 3.8) is 0 Å². The lowest BCUT2D eigenvalue weighted by molar-refractivity contribution is 1.21. The van der Waals surface area contributed by atoms with Gasteiger partial charge in [-0.25, -0.2) is 0 Å². The third-order valence-corrected chi connectivity index (χ3v) is 3.55. The number of benzene rings is 2. The van der Waals surface area contributed by atoms with E-state index in [-0.39, 0.29) is 0 Å². The molecule has 1 aliphatic rings. The lowest BCUT2D eigenvalue weighted by Gasteiger charge is -2.26. The molecule has 1 aliphatic carbocycles. The van der Waals surface area contributed by atoms with Crippen LogP contribution in [0.5, 0.6) is 0 Å². The van der Waals surface area contributed by atoms with E-state index in [1.807, 2.05) is 30.3 Å². The number of anilines is 2. The maximum absolute atomic E-state index is 7.34. The van der Waals surface area contributed by atoms with Crippen molar-refractivity contribution in [3.8, 4) is 0 Å². The molecule has 2 heteroatoms. The molecule has 108 valence electrons. The van der Waals surface area contributed by atoms with E-state index >= 15 is 0 Å². The van der Waals surface area contributed by atoms with Crippen LogP contribution in [0.1, 0.15) is 12.0 Å². The fourth-order valence-electron chi connectivity index (χ4n) is 2.46. The Morgan fingerprint density at radius 1 is 0.864 bits per heavy atom. The van der Waals surface area contributed by atoms with Gasteiger partial charge >= 0.3 is 0 Å². The molecule has 0 bridgehead atoms. The van der Waals surface area contributed by atoms with Gasteiger partial charge < -0.3 is 10.3 Å². The van der Waals surface area contributed by atoms with E-state index in [0.29, 0.717) is 0 Å². The second-order valence-corrected chi connectivity index (χ2v) is 5.06. The molecule has 2 aromatic rings. The van der Waals surface area contributed by atoms with Gasteiger partial charge in [-0.05, 0) is 48.4 Å². The number of para-hydroxylation sites is 1. The van der Waals surface area contributed by atoms with Gasteiger partial charge in [0, 0.05) is 23.3 Å². The fourth-order valence-corrected chi connectivity index (χ4v) is 2.46. The Hall–Kier alpha value is -2.87. The molecule has 0 amide bonds. The first-order chi connectivity index (χ1) is 10.9. The summed E-state index contributed by atoms with van der Waals surface area (Å²) in [5, 5.41) is 7.34. The minimum absolute atomic E-state index is 0.905. The summed E-state index contributed by atoms with van der Waals surface area (Å²) in [5.74, 6) is 0. The quantitative estimate of drug-likeness (QED) is 0.766. The molecule has 0 unspecified atom stereocenters. The molecular weight excluding hydrogens is 268 g/mol. The Kier molecular flexibility index (Phi) is 4.30. The summed E-state index contributed by atoms with van der Waals surface area (Å²) in [5.41, 5.74) is 4.24. The third kappa shape index (κ3) is 3.07. The Bertz CT molecular complexity index is 722. The van der Waals surface area contributed by atoms with Gasteiger partial charge in [0.05, 0.1) is 0 Å². The highest BCUT2D eigenvalue weighted by molar-refractivity contribution is 5.79. The summed E-state index contributed by atoms with van der Waals surface area (Å²) in [6, 6.07) is 18.4. The lowest BCUT2D eigenvalue weighted by atomic mass is 10.1. The molecule has 0 fully saturated rings. The maximum Gasteiger partial charge on any atom is 0.0462 e. The topological polar surface area (TPSA) is 27.1 Å². The van der Waals surface area contributed by atoms with E-state index in [2.05, 4.69) is 59.5 Å². The summed E-state index contributed by atoms with van der Waals surface area (Å²) in [4.78, 5) is 2.22. The summed E-state index contributed by atoms with van der Waals surface area (Å²) >= 11 is 0. The van der Waals surface area contributed by atoms with E-state index in [9.17, 15) is 0 Å². The van der Waals surface area contributed by atoms with Crippen molar-refractivity contribution in [2.45, 2.75) is 6.42 Å². The van der Waals surface area contributed by atoms with Gasteiger partial charge in [0.1, 0.15) is 0 Å². The number of hydrogen-bond acceptors (Lipinski definition) is 2. The fraction of sp³-hybridized carbons (Fsp3) is 0.0500. The van der Waals surface area contributed by atoms with Crippen molar-refractivity contribution >= 4 is 17.6 Å². The molecule has 2 aromatic carbocycles. The number of hydrogen-bond donors (Lipinski definition) is 1. The average Bonchev–Trinajstić information content (AvgIpc) is 2.86. The third-order valence-electron chi connectivity index (χ3n) is 3.55. The number of rotatable bonds is 4. The lowest BCUT2D eigenvalue weighted by Crippen LogP contribution is -2.14. The van der Waals surface area contributed by atoms with Crippen LogP contribution in [-0.2, 0) is 0 Å². The molecule has 0 atom stereocenters. The number of nitrogens with zero attached hydrogens (tertiary/aromatic N) is 1. The summed E-state index contributed by atoms with van der Waals surface area (Å²) in [6.45, 7) is 0. The van der Waals surface area contributed by atoms with Crippen molar-refractivity contribution in [2.75, 3.05) is 4.90 Å². The van der Waals surface area contributed by atoms with Crippen LogP contribution < -0.4 is 4.90 Å². The zero-order valence-corrected chi connectivity index (χ0v) is 12.3. The van der Waals surface area contributed by atoms with Gasteiger partial charge in [-0.3, -0.25) is 0 Å². The molecule has 0 saturated carbocycles. The van der Waals surface area contributed by atoms with Gasteiger partial charge in [0.25, 0.3) is 0 Å². The Morgan fingerprint density at radius 3 is 2.32 bits per heavy atom. The van der Waals surface area contributed by atoms with E-state index in [1.165, 1.54) is 6.21 Å². The van der Waals surface area contributed by atoms with Crippen LogP contribution in [-0.4, -0.2) is 6.21 Å². The summed E-state index contributed by atoms with van der Waals surface area (Å²) in [6.07, 6.45) is 13.0. The van der Waals surface area contributed by atoms with Crippen molar-refractivity contribution < 1.29 is 0 Å². The summed E-state index contributed by atoms with van der Waals surface area (Å²) < 4.78 is 0. The van der Waals surface area contributed by atoms with E-state index in [1.54, 1.807) is 0 Å². The molecular formula is C20H18N2. The van der Waals surface area contributed by atoms with Crippen LogP contribution in [0.25, 0.3) is 0 Å². The molecule has 3 rings (SSSR count). The molecule has 0 aromatic heterocycles. The highest BCUT2D eigenvalue weighted by Crippen LogP contribution is 2.31. The monoisotopic (exact) mass is 286 g/mol. The van der Waals surface area contributed by atoms with E-state index in [4.69, 9.17) is 5.41 Å². The highest BCUT2D eigenvalue weighted by Gasteiger charge is 2.12. The first-order valence-electron chi connectivity index (χ1n) is 7.37. The summed E-state index contributed by atoms with van der Waals surface area (Å²) in [7, 11) is 0. The van der Waals surface area contributed by atoms with Gasteiger partial charge in [-0.2, -0.15) is 0 Å². The minimum Gasteiger partial charge on any atom is -0.311 e. The Labute approximate surface area is 131 Å². The molecule has 0 heterocycles. The second-order valence-electron chi connectivity index (χ2n) is 5.06. The van der Waals surface area contributed by atoms with Crippen LogP contribution in [0.3, 0.4) is 0 Å². The van der Waals surface area contributed by atoms with Crippen molar-refractivity contribution in [1.82, 2.24) is 0 Å². The van der Waals surface area contributed by atoms with Gasteiger partial charge in [0.15, 0.2) is 0 Å². The zero-order chi connectivity index (χ0) is 15.2. The van der Waals surface area contributed by atoms with Gasteiger partial charge in [-0.1, -0.05) is 48.6 Å². The van der Waals surface area contributed by atoms with E-state index < -0.39 is 0 Å². The van der Waals surface area contributed by atoms with Crippen molar-refractivity contribution in [2.24, 2.45) is 0 Å². The van der Waals surface area contributed by atoms with Crippen LogP contribution in [0.4, 0.5) is 11.4 Å². The second kappa shape index (κ2) is 6.72. The molecule has 0 spiro atoms. The van der Waals surface area contributed by atoms with E-state index in [0.717, 1.165) is 29.1 Å². The van der Waals surface area contributed by atoms with Crippen LogP contribution in [0.2, 0.25) is 0 Å². The molecule has 0 saturated heterocycles. The molecule has 2 nitrogen and oxygen atoms in total. The first-order valence-corrected chi connectivity index (χ1v) is 7.37. The van der Waals surface area contributed by atoms with Crippen LogP contribution >= 0.6 is 0 Å². The van der Waals surface area contributed by atoms with Gasteiger partial charge in [-0.15, -0.1) is 0 Å². The highest BCUT2D eigenvalue weighted by atomic mass is 15.1. The normalized spacial score (nSPS) is 13.4. The Balaban J connectivity index is 2.08. The minimum atomic E-state index is 0.905. The maximum atomic E-state index is 7.34. The van der Waals surface area contributed by atoms with Crippen molar-refractivity contribution in [1.29, 1.82) is 5.41 Å². The average molecular weight is 286 g/mol. The molecule has 0 aliphatic heterocycles. The zero-order valence-electron chi connectivity index (χ0n) is 12.3. The molecule has 0 radical (unpaired) electrons. The standard InChI is InChI=1S/C20H18N2/c21-16-17-12-14-20(15-13-17)22(19-10-6-3-7-11-19)18-8-4-1-2-5-9-18/h1,3-16,21H,2H2. The predicted octanol–water partition coefficient (Wildman–Crippen LogP) is 5.22.